The second-order valence-corrected chi connectivity index (χ2v) is 6.49. The summed E-state index contributed by atoms with van der Waals surface area (Å²) in [6.45, 7) is 2.12. The molecule has 116 valence electrons. The predicted octanol–water partition coefficient (Wildman–Crippen LogP) is 2.41. The van der Waals surface area contributed by atoms with Gasteiger partial charge in [-0.1, -0.05) is 46.3 Å². The molecule has 0 unspecified atom stereocenters. The van der Waals surface area contributed by atoms with Crippen molar-refractivity contribution in [1.82, 2.24) is 9.80 Å². The zero-order valence-corrected chi connectivity index (χ0v) is 14.9. The molecule has 0 aliphatic rings. The molecule has 0 saturated carbocycles. The third kappa shape index (κ3) is 7.02. The molecule has 21 heavy (non-hydrogen) atoms. The summed E-state index contributed by atoms with van der Waals surface area (Å²) >= 11 is 8.36. The fourth-order valence-electron chi connectivity index (χ4n) is 1.88. The van der Waals surface area contributed by atoms with Crippen LogP contribution in [0.5, 0.6) is 0 Å². The van der Waals surface area contributed by atoms with Gasteiger partial charge in [0.15, 0.2) is 0 Å². The lowest BCUT2D eigenvalue weighted by Crippen LogP contribution is -2.32. The monoisotopic (exact) mass is 371 g/mol. The average molecular weight is 372 g/mol. The molecule has 1 amide bonds. The zero-order valence-electron chi connectivity index (χ0n) is 12.5. The number of hydrogen-bond acceptors (Lipinski definition) is 3. The second kappa shape index (κ2) is 9.12. The van der Waals surface area contributed by atoms with Gasteiger partial charge in [0, 0.05) is 44.0 Å². The van der Waals surface area contributed by atoms with Crippen molar-refractivity contribution in [3.8, 4) is 0 Å². The van der Waals surface area contributed by atoms with Crippen LogP contribution in [0.15, 0.2) is 28.7 Å². The van der Waals surface area contributed by atoms with Crippen molar-refractivity contribution >= 4 is 39.0 Å². The van der Waals surface area contributed by atoms with E-state index >= 15 is 0 Å². The van der Waals surface area contributed by atoms with E-state index in [1.807, 2.05) is 25.2 Å². The van der Waals surface area contributed by atoms with Gasteiger partial charge in [0.1, 0.15) is 0 Å². The van der Waals surface area contributed by atoms with E-state index in [-0.39, 0.29) is 5.91 Å². The van der Waals surface area contributed by atoms with E-state index in [9.17, 15) is 4.79 Å². The van der Waals surface area contributed by atoms with Crippen LogP contribution < -0.4 is 5.73 Å². The van der Waals surface area contributed by atoms with E-state index in [0.717, 1.165) is 17.6 Å². The Labute approximate surface area is 140 Å². The molecule has 0 radical (unpaired) electrons. The Morgan fingerprint density at radius 3 is 2.52 bits per heavy atom. The first-order chi connectivity index (χ1) is 9.90. The van der Waals surface area contributed by atoms with Crippen molar-refractivity contribution in [2.24, 2.45) is 5.73 Å². The zero-order chi connectivity index (χ0) is 15.8. The smallest absolute Gasteiger partial charge is 0.223 e. The number of halogens is 1. The molecule has 4 nitrogen and oxygen atoms in total. The molecule has 2 N–H and O–H groups in total. The SMILES string of the molecule is CN(CCC(=O)N(C)CCC(N)=S)Cc1ccccc1Br. The van der Waals surface area contributed by atoms with Crippen molar-refractivity contribution in [2.75, 3.05) is 27.2 Å². The van der Waals surface area contributed by atoms with E-state index in [0.29, 0.717) is 24.4 Å². The molecule has 0 spiro atoms. The fraction of sp³-hybridized carbons (Fsp3) is 0.467. The molecule has 0 aromatic heterocycles. The van der Waals surface area contributed by atoms with Gasteiger partial charge in [-0.15, -0.1) is 0 Å². The molecule has 6 heteroatoms. The summed E-state index contributed by atoms with van der Waals surface area (Å²) in [6, 6.07) is 8.12. The number of nitrogens with two attached hydrogens (primary N) is 1. The Morgan fingerprint density at radius 1 is 1.24 bits per heavy atom. The first kappa shape index (κ1) is 18.1. The summed E-state index contributed by atoms with van der Waals surface area (Å²) in [5.41, 5.74) is 6.66. The van der Waals surface area contributed by atoms with Crippen molar-refractivity contribution in [3.63, 3.8) is 0 Å². The lowest BCUT2D eigenvalue weighted by atomic mass is 10.2. The fourth-order valence-corrected chi connectivity index (χ4v) is 2.38. The number of carbonyl (C=O) groups is 1. The summed E-state index contributed by atoms with van der Waals surface area (Å²) in [5.74, 6) is 0.116. The first-order valence-electron chi connectivity index (χ1n) is 6.84. The molecular weight excluding hydrogens is 350 g/mol. The molecule has 0 heterocycles. The number of amides is 1. The standard InChI is InChI=1S/C15H22BrN3OS/c1-18(11-12-5-3-4-6-13(12)16)9-8-15(20)19(2)10-7-14(17)21/h3-6H,7-11H2,1-2H3,(H2,17,21). The van der Waals surface area contributed by atoms with Crippen LogP contribution in [0.2, 0.25) is 0 Å². The third-order valence-electron chi connectivity index (χ3n) is 3.22. The number of rotatable bonds is 8. The molecule has 0 atom stereocenters. The van der Waals surface area contributed by atoms with Gasteiger partial charge in [-0.25, -0.2) is 0 Å². The van der Waals surface area contributed by atoms with Crippen LogP contribution in [0.3, 0.4) is 0 Å². The highest BCUT2D eigenvalue weighted by molar-refractivity contribution is 9.10. The normalized spacial score (nSPS) is 10.7. The van der Waals surface area contributed by atoms with E-state index < -0.39 is 0 Å². The Balaban J connectivity index is 2.35. The van der Waals surface area contributed by atoms with E-state index in [1.165, 1.54) is 5.56 Å². The largest absolute Gasteiger partial charge is 0.393 e. The topological polar surface area (TPSA) is 49.6 Å². The molecule has 0 saturated heterocycles. The molecule has 0 fully saturated rings. The number of benzene rings is 1. The highest BCUT2D eigenvalue weighted by Gasteiger charge is 2.11. The maximum Gasteiger partial charge on any atom is 0.223 e. The minimum atomic E-state index is 0.116. The number of carbonyl (C=O) groups excluding carboxylic acids is 1. The lowest BCUT2D eigenvalue weighted by Gasteiger charge is -2.20. The minimum absolute atomic E-state index is 0.116. The Morgan fingerprint density at radius 2 is 1.90 bits per heavy atom. The highest BCUT2D eigenvalue weighted by atomic mass is 79.9. The van der Waals surface area contributed by atoms with Crippen LogP contribution in [0.25, 0.3) is 0 Å². The summed E-state index contributed by atoms with van der Waals surface area (Å²) in [6.07, 6.45) is 1.07. The Kier molecular flexibility index (Phi) is 7.85. The van der Waals surface area contributed by atoms with Gasteiger partial charge < -0.3 is 15.5 Å². The van der Waals surface area contributed by atoms with E-state index in [1.54, 1.807) is 11.9 Å². The number of nitrogens with zero attached hydrogens (tertiary/aromatic N) is 2. The maximum absolute atomic E-state index is 12.0. The molecular formula is C15H22BrN3OS. The third-order valence-corrected chi connectivity index (χ3v) is 4.20. The Hall–Kier alpha value is -0.980. The summed E-state index contributed by atoms with van der Waals surface area (Å²) in [7, 11) is 3.80. The average Bonchev–Trinajstić information content (AvgIpc) is 2.44. The van der Waals surface area contributed by atoms with Gasteiger partial charge in [0.25, 0.3) is 0 Å². The first-order valence-corrected chi connectivity index (χ1v) is 8.04. The summed E-state index contributed by atoms with van der Waals surface area (Å²) in [5, 5.41) is 0. The summed E-state index contributed by atoms with van der Waals surface area (Å²) in [4.78, 5) is 16.3. The molecule has 0 aliphatic carbocycles. The molecule has 0 aliphatic heterocycles. The highest BCUT2D eigenvalue weighted by Crippen LogP contribution is 2.17. The van der Waals surface area contributed by atoms with Crippen LogP contribution in [0.4, 0.5) is 0 Å². The van der Waals surface area contributed by atoms with Crippen LogP contribution in [0.1, 0.15) is 18.4 Å². The molecule has 1 aromatic carbocycles. The maximum atomic E-state index is 12.0. The van der Waals surface area contributed by atoms with Crippen molar-refractivity contribution in [2.45, 2.75) is 19.4 Å². The van der Waals surface area contributed by atoms with Crippen molar-refractivity contribution < 1.29 is 4.79 Å². The molecule has 0 bridgehead atoms. The van der Waals surface area contributed by atoms with E-state index in [4.69, 9.17) is 18.0 Å². The van der Waals surface area contributed by atoms with Gasteiger partial charge in [0.2, 0.25) is 5.91 Å². The Bertz CT molecular complexity index is 496. The lowest BCUT2D eigenvalue weighted by molar-refractivity contribution is -0.130. The van der Waals surface area contributed by atoms with Gasteiger partial charge in [0.05, 0.1) is 4.99 Å². The van der Waals surface area contributed by atoms with Crippen LogP contribution in [-0.4, -0.2) is 47.9 Å². The van der Waals surface area contributed by atoms with Crippen molar-refractivity contribution in [3.05, 3.63) is 34.3 Å². The van der Waals surface area contributed by atoms with Gasteiger partial charge in [-0.2, -0.15) is 0 Å². The molecule has 1 rings (SSSR count). The van der Waals surface area contributed by atoms with Crippen LogP contribution >= 0.6 is 28.1 Å². The minimum Gasteiger partial charge on any atom is -0.393 e. The van der Waals surface area contributed by atoms with E-state index in [2.05, 4.69) is 26.9 Å². The molecule has 1 aromatic rings. The van der Waals surface area contributed by atoms with Crippen LogP contribution in [0, 0.1) is 0 Å². The quantitative estimate of drug-likeness (QED) is 0.712. The van der Waals surface area contributed by atoms with Gasteiger partial charge >= 0.3 is 0 Å². The predicted molar refractivity (Wildman–Crippen MR) is 94.1 cm³/mol. The van der Waals surface area contributed by atoms with Crippen LogP contribution in [-0.2, 0) is 11.3 Å². The van der Waals surface area contributed by atoms with Crippen molar-refractivity contribution in [1.29, 1.82) is 0 Å². The summed E-state index contributed by atoms with van der Waals surface area (Å²) < 4.78 is 1.09. The van der Waals surface area contributed by atoms with Gasteiger partial charge in [-0.3, -0.25) is 4.79 Å². The second-order valence-electron chi connectivity index (χ2n) is 5.11. The number of hydrogen-bond donors (Lipinski definition) is 1. The number of thiocarbonyl (C=S) groups is 1. The van der Waals surface area contributed by atoms with Gasteiger partial charge in [-0.05, 0) is 18.7 Å².